The van der Waals surface area contributed by atoms with Crippen LogP contribution in [0, 0.1) is 11.3 Å². The lowest BCUT2D eigenvalue weighted by Crippen LogP contribution is -2.12. The van der Waals surface area contributed by atoms with Gasteiger partial charge in [0.25, 0.3) is 0 Å². The minimum atomic E-state index is -0.00179. The molecule has 4 aromatic heterocycles. The Morgan fingerprint density at radius 2 is 2.07 bits per heavy atom. The van der Waals surface area contributed by atoms with E-state index in [2.05, 4.69) is 36.8 Å². The van der Waals surface area contributed by atoms with E-state index in [1.807, 2.05) is 19.9 Å². The number of anilines is 1. The molecule has 0 unspecified atom stereocenters. The van der Waals surface area contributed by atoms with Gasteiger partial charge in [-0.1, -0.05) is 5.21 Å². The molecular formula is C20H19N9O. The second-order valence-corrected chi connectivity index (χ2v) is 7.20. The molecule has 4 aromatic rings. The normalized spacial score (nSPS) is 11.0. The van der Waals surface area contributed by atoms with Crippen LogP contribution in [0.2, 0.25) is 0 Å². The van der Waals surface area contributed by atoms with Crippen LogP contribution in [0.25, 0.3) is 28.1 Å². The number of nitrogens with one attached hydrogen (secondary N) is 1. The Labute approximate surface area is 172 Å². The summed E-state index contributed by atoms with van der Waals surface area (Å²) in [6.45, 7) is 5.74. The molecular weight excluding hydrogens is 382 g/mol. The van der Waals surface area contributed by atoms with Crippen molar-refractivity contribution in [3.63, 3.8) is 0 Å². The van der Waals surface area contributed by atoms with Crippen LogP contribution in [0.3, 0.4) is 0 Å². The molecule has 150 valence electrons. The van der Waals surface area contributed by atoms with Gasteiger partial charge in [-0.05, 0) is 26.8 Å². The van der Waals surface area contributed by atoms with Gasteiger partial charge in [-0.25, -0.2) is 14.6 Å². The summed E-state index contributed by atoms with van der Waals surface area (Å²) in [5.74, 6) is 0.573. The summed E-state index contributed by atoms with van der Waals surface area (Å²) < 4.78 is 3.13. The number of nitrogens with zero attached hydrogens (tertiary/aromatic N) is 8. The number of rotatable bonds is 6. The molecule has 30 heavy (non-hydrogen) atoms. The van der Waals surface area contributed by atoms with Crippen molar-refractivity contribution in [1.29, 1.82) is 5.26 Å². The number of hydrogen-bond donors (Lipinski definition) is 1. The van der Waals surface area contributed by atoms with E-state index in [1.165, 1.54) is 17.8 Å². The summed E-state index contributed by atoms with van der Waals surface area (Å²) in [6.07, 6.45) is 6.58. The van der Waals surface area contributed by atoms with E-state index in [4.69, 9.17) is 5.26 Å². The monoisotopic (exact) mass is 401 g/mol. The number of carbonyl (C=O) groups excluding carboxylic acids is 1. The molecule has 0 spiro atoms. The highest BCUT2D eigenvalue weighted by molar-refractivity contribution is 5.79. The van der Waals surface area contributed by atoms with Gasteiger partial charge < -0.3 is 5.32 Å². The lowest BCUT2D eigenvalue weighted by molar-refractivity contribution is -0.117. The number of aromatic nitrogens is 7. The van der Waals surface area contributed by atoms with Crippen molar-refractivity contribution in [2.45, 2.75) is 33.4 Å². The van der Waals surface area contributed by atoms with Crippen LogP contribution in [0.1, 0.15) is 26.3 Å². The largest absolute Gasteiger partial charge is 0.382 e. The zero-order valence-electron chi connectivity index (χ0n) is 16.7. The third-order valence-electron chi connectivity index (χ3n) is 4.29. The Morgan fingerprint density at radius 1 is 1.23 bits per heavy atom. The Hall–Kier alpha value is -4.13. The van der Waals surface area contributed by atoms with Gasteiger partial charge in [0.15, 0.2) is 17.2 Å². The van der Waals surface area contributed by atoms with Crippen molar-refractivity contribution in [3.05, 3.63) is 42.5 Å². The first-order valence-electron chi connectivity index (χ1n) is 9.35. The predicted octanol–water partition coefficient (Wildman–Crippen LogP) is 2.35. The second kappa shape index (κ2) is 7.71. The summed E-state index contributed by atoms with van der Waals surface area (Å²) in [6, 6.07) is 5.84. The van der Waals surface area contributed by atoms with Gasteiger partial charge in [-0.15, -0.1) is 5.10 Å². The highest BCUT2D eigenvalue weighted by Crippen LogP contribution is 2.28. The Balaban J connectivity index is 1.77. The van der Waals surface area contributed by atoms with Gasteiger partial charge in [0.2, 0.25) is 0 Å². The lowest BCUT2D eigenvalue weighted by Gasteiger charge is -2.14. The summed E-state index contributed by atoms with van der Waals surface area (Å²) in [4.78, 5) is 20.2. The van der Waals surface area contributed by atoms with Gasteiger partial charge in [0.1, 0.15) is 18.3 Å². The van der Waals surface area contributed by atoms with Crippen LogP contribution >= 0.6 is 0 Å². The van der Waals surface area contributed by atoms with Gasteiger partial charge in [-0.2, -0.15) is 15.0 Å². The van der Waals surface area contributed by atoms with Crippen molar-refractivity contribution in [2.24, 2.45) is 0 Å². The zero-order chi connectivity index (χ0) is 21.3. The van der Waals surface area contributed by atoms with Crippen LogP contribution in [-0.4, -0.2) is 46.6 Å². The van der Waals surface area contributed by atoms with Gasteiger partial charge in [-0.3, -0.25) is 4.79 Å². The Bertz CT molecular complexity index is 1280. The highest BCUT2D eigenvalue weighted by atomic mass is 16.1. The van der Waals surface area contributed by atoms with E-state index in [0.29, 0.717) is 22.7 Å². The predicted molar refractivity (Wildman–Crippen MR) is 110 cm³/mol. The van der Waals surface area contributed by atoms with E-state index in [9.17, 15) is 4.79 Å². The quantitative estimate of drug-likeness (QED) is 0.521. The summed E-state index contributed by atoms with van der Waals surface area (Å²) >= 11 is 0. The molecule has 10 nitrogen and oxygen atoms in total. The SMILES string of the molecule is CC(=O)Cn1cc(-c2cnc(-n3ncc4cc(C#N)cnc43)cc2NC(C)C)nn1. The van der Waals surface area contributed by atoms with Crippen molar-refractivity contribution in [1.82, 2.24) is 34.7 Å². The third-order valence-corrected chi connectivity index (χ3v) is 4.29. The fraction of sp³-hybridized carbons (Fsp3) is 0.250. The zero-order valence-corrected chi connectivity index (χ0v) is 16.7. The summed E-state index contributed by atoms with van der Waals surface area (Å²) in [5.41, 5.74) is 3.26. The van der Waals surface area contributed by atoms with Crippen molar-refractivity contribution >= 4 is 22.5 Å². The molecule has 1 N–H and O–H groups in total. The van der Waals surface area contributed by atoms with Crippen molar-refractivity contribution in [2.75, 3.05) is 5.32 Å². The fourth-order valence-electron chi connectivity index (χ4n) is 3.07. The van der Waals surface area contributed by atoms with Gasteiger partial charge in [0.05, 0.1) is 18.0 Å². The maximum atomic E-state index is 11.3. The van der Waals surface area contributed by atoms with E-state index in [-0.39, 0.29) is 18.4 Å². The first kappa shape index (κ1) is 19.2. The lowest BCUT2D eigenvalue weighted by atomic mass is 10.1. The van der Waals surface area contributed by atoms with E-state index >= 15 is 0 Å². The Kier molecular flexibility index (Phi) is 4.93. The first-order valence-corrected chi connectivity index (χ1v) is 9.35. The van der Waals surface area contributed by atoms with Crippen LogP contribution in [0.5, 0.6) is 0 Å². The van der Waals surface area contributed by atoms with Crippen LogP contribution < -0.4 is 5.32 Å². The molecule has 0 atom stereocenters. The number of ketones is 1. The molecule has 0 saturated carbocycles. The minimum absolute atomic E-state index is 0.00179. The van der Waals surface area contributed by atoms with Crippen molar-refractivity contribution < 1.29 is 4.79 Å². The van der Waals surface area contributed by atoms with E-state index in [1.54, 1.807) is 29.3 Å². The number of Topliss-reactive ketones (excluding diaryl/α,β-unsaturated/α-hetero) is 1. The van der Waals surface area contributed by atoms with Crippen molar-refractivity contribution in [3.8, 4) is 23.1 Å². The summed E-state index contributed by atoms with van der Waals surface area (Å²) in [7, 11) is 0. The molecule has 0 fully saturated rings. The summed E-state index contributed by atoms with van der Waals surface area (Å²) in [5, 5.41) is 25.8. The highest BCUT2D eigenvalue weighted by Gasteiger charge is 2.15. The number of carbonyl (C=O) groups is 1. The van der Waals surface area contributed by atoms with Gasteiger partial charge in [0, 0.05) is 41.1 Å². The molecule has 4 heterocycles. The maximum absolute atomic E-state index is 11.3. The minimum Gasteiger partial charge on any atom is -0.382 e. The smallest absolute Gasteiger partial charge is 0.164 e. The van der Waals surface area contributed by atoms with Crippen LogP contribution in [0.4, 0.5) is 5.69 Å². The molecule has 0 aliphatic carbocycles. The van der Waals surface area contributed by atoms with Crippen LogP contribution in [-0.2, 0) is 11.3 Å². The molecule has 0 radical (unpaired) electrons. The average molecular weight is 401 g/mol. The van der Waals surface area contributed by atoms with Gasteiger partial charge >= 0.3 is 0 Å². The molecule has 0 aliphatic heterocycles. The first-order chi connectivity index (χ1) is 14.4. The fourth-order valence-corrected chi connectivity index (χ4v) is 3.07. The second-order valence-electron chi connectivity index (χ2n) is 7.20. The molecule has 0 bridgehead atoms. The topological polar surface area (TPSA) is 127 Å². The molecule has 0 saturated heterocycles. The number of pyridine rings is 2. The molecule has 0 amide bonds. The van der Waals surface area contributed by atoms with E-state index in [0.717, 1.165) is 16.6 Å². The standard InChI is InChI=1S/C20H19N9O/c1-12(2)25-17-5-19(29-20-15(8-24-29)4-14(6-21)7-23-20)22-9-16(17)18-11-28(27-26-18)10-13(3)30/h4-5,7-9,11-12H,10H2,1-3H3,(H,22,25). The molecule has 10 heteroatoms. The number of fused-ring (bicyclic) bond motifs is 1. The molecule has 4 rings (SSSR count). The number of nitriles is 1. The third kappa shape index (κ3) is 3.73. The molecule has 0 aromatic carbocycles. The van der Waals surface area contributed by atoms with E-state index < -0.39 is 0 Å². The Morgan fingerprint density at radius 3 is 2.80 bits per heavy atom. The number of hydrogen-bond acceptors (Lipinski definition) is 8. The average Bonchev–Trinajstić information content (AvgIpc) is 3.33. The van der Waals surface area contributed by atoms with Crippen LogP contribution in [0.15, 0.2) is 36.9 Å². The molecule has 0 aliphatic rings. The maximum Gasteiger partial charge on any atom is 0.164 e.